The molecule has 0 amide bonds. The summed E-state index contributed by atoms with van der Waals surface area (Å²) in [5.41, 5.74) is 4.10. The summed E-state index contributed by atoms with van der Waals surface area (Å²) in [5.74, 6) is 0.628. The Bertz CT molecular complexity index is 596. The van der Waals surface area contributed by atoms with Crippen molar-refractivity contribution in [2.45, 2.75) is 33.6 Å². The maximum atomic E-state index is 12.3. The van der Waals surface area contributed by atoms with Gasteiger partial charge in [0.05, 0.1) is 6.54 Å². The Morgan fingerprint density at radius 3 is 2.74 bits per heavy atom. The van der Waals surface area contributed by atoms with Gasteiger partial charge in [0.2, 0.25) is 0 Å². The van der Waals surface area contributed by atoms with Gasteiger partial charge in [-0.3, -0.25) is 4.79 Å². The highest BCUT2D eigenvalue weighted by atomic mass is 16.1. The van der Waals surface area contributed by atoms with Crippen molar-refractivity contribution in [3.8, 4) is 0 Å². The second kappa shape index (κ2) is 5.57. The van der Waals surface area contributed by atoms with Crippen molar-refractivity contribution >= 4 is 16.7 Å². The van der Waals surface area contributed by atoms with Gasteiger partial charge in [-0.2, -0.15) is 0 Å². The molecule has 0 atom stereocenters. The number of benzene rings is 1. The second-order valence-electron chi connectivity index (χ2n) is 5.29. The molecule has 2 N–H and O–H groups in total. The van der Waals surface area contributed by atoms with E-state index in [2.05, 4.69) is 42.3 Å². The van der Waals surface area contributed by atoms with Crippen LogP contribution in [0.15, 0.2) is 18.2 Å². The minimum absolute atomic E-state index is 0.159. The smallest absolute Gasteiger partial charge is 0.179 e. The number of likely N-dealkylation sites (N-methyl/N-ethyl adjacent to an activating group) is 1. The average Bonchev–Trinajstić information content (AvgIpc) is 2.70. The van der Waals surface area contributed by atoms with E-state index in [1.54, 1.807) is 0 Å². The van der Waals surface area contributed by atoms with Crippen LogP contribution in [0.1, 0.15) is 48.3 Å². The monoisotopic (exact) mass is 258 g/mol. The lowest BCUT2D eigenvalue weighted by molar-refractivity contribution is 0.0993. The van der Waals surface area contributed by atoms with Crippen LogP contribution in [0.3, 0.4) is 0 Å². The molecule has 0 saturated heterocycles. The van der Waals surface area contributed by atoms with Gasteiger partial charge in [0, 0.05) is 22.2 Å². The van der Waals surface area contributed by atoms with Gasteiger partial charge in [0.1, 0.15) is 0 Å². The molecule has 0 radical (unpaired) electrons. The number of aromatic nitrogens is 1. The molecule has 1 aromatic heterocycles. The molecule has 102 valence electrons. The summed E-state index contributed by atoms with van der Waals surface area (Å²) < 4.78 is 0. The van der Waals surface area contributed by atoms with E-state index in [1.165, 1.54) is 5.56 Å². The summed E-state index contributed by atoms with van der Waals surface area (Å²) in [7, 11) is 0. The van der Waals surface area contributed by atoms with Gasteiger partial charge in [-0.1, -0.05) is 26.8 Å². The molecule has 0 aliphatic carbocycles. The Labute approximate surface area is 114 Å². The molecule has 0 unspecified atom stereocenters. The molecule has 0 fully saturated rings. The minimum Gasteiger partial charge on any atom is -0.358 e. The molecule has 0 bridgehead atoms. The zero-order valence-corrected chi connectivity index (χ0v) is 12.1. The van der Waals surface area contributed by atoms with E-state index in [0.29, 0.717) is 12.5 Å². The van der Waals surface area contributed by atoms with Gasteiger partial charge in [-0.05, 0) is 37.1 Å². The van der Waals surface area contributed by atoms with Crippen LogP contribution in [0, 0.1) is 6.92 Å². The third kappa shape index (κ3) is 2.71. The van der Waals surface area contributed by atoms with E-state index >= 15 is 0 Å². The number of aryl methyl sites for hydroxylation is 1. The SMILES string of the molecule is CCNCC(=O)c1c(C)[nH]c2ccc(C(C)C)cc12. The number of carbonyl (C=O) groups excluding carboxylic acids is 1. The molecule has 1 aromatic carbocycles. The lowest BCUT2D eigenvalue weighted by atomic mass is 9.99. The first-order valence-electron chi connectivity index (χ1n) is 6.90. The van der Waals surface area contributed by atoms with Crippen LogP contribution in [-0.2, 0) is 0 Å². The van der Waals surface area contributed by atoms with E-state index in [-0.39, 0.29) is 5.78 Å². The number of Topliss-reactive ketones (excluding diaryl/α,β-unsaturated/α-hetero) is 1. The van der Waals surface area contributed by atoms with Gasteiger partial charge < -0.3 is 10.3 Å². The third-order valence-corrected chi connectivity index (χ3v) is 3.49. The Morgan fingerprint density at radius 1 is 1.37 bits per heavy atom. The van der Waals surface area contributed by atoms with Gasteiger partial charge >= 0.3 is 0 Å². The number of rotatable bonds is 5. The van der Waals surface area contributed by atoms with Crippen LogP contribution < -0.4 is 5.32 Å². The Morgan fingerprint density at radius 2 is 2.11 bits per heavy atom. The molecular formula is C16H22N2O. The number of fused-ring (bicyclic) bond motifs is 1. The van der Waals surface area contributed by atoms with Crippen molar-refractivity contribution in [3.05, 3.63) is 35.0 Å². The Hall–Kier alpha value is -1.61. The summed E-state index contributed by atoms with van der Waals surface area (Å²) in [6.45, 7) is 9.52. The normalized spacial score (nSPS) is 11.4. The Balaban J connectivity index is 2.49. The lowest BCUT2D eigenvalue weighted by Gasteiger charge is -2.06. The molecule has 1 heterocycles. The fourth-order valence-corrected chi connectivity index (χ4v) is 2.39. The number of carbonyl (C=O) groups is 1. The largest absolute Gasteiger partial charge is 0.358 e. The van der Waals surface area contributed by atoms with Crippen molar-refractivity contribution < 1.29 is 4.79 Å². The van der Waals surface area contributed by atoms with E-state index in [4.69, 9.17) is 0 Å². The maximum absolute atomic E-state index is 12.3. The summed E-state index contributed by atoms with van der Waals surface area (Å²) in [4.78, 5) is 15.6. The molecule has 19 heavy (non-hydrogen) atoms. The molecule has 2 aromatic rings. The van der Waals surface area contributed by atoms with Crippen molar-refractivity contribution in [2.75, 3.05) is 13.1 Å². The highest BCUT2D eigenvalue weighted by Gasteiger charge is 2.16. The van der Waals surface area contributed by atoms with Crippen LogP contribution in [0.2, 0.25) is 0 Å². The fourth-order valence-electron chi connectivity index (χ4n) is 2.39. The molecule has 0 aliphatic heterocycles. The summed E-state index contributed by atoms with van der Waals surface area (Å²) in [6.07, 6.45) is 0. The number of nitrogens with one attached hydrogen (secondary N) is 2. The average molecular weight is 258 g/mol. The van der Waals surface area contributed by atoms with Crippen molar-refractivity contribution in [3.63, 3.8) is 0 Å². The molecule has 3 heteroatoms. The molecule has 2 rings (SSSR count). The number of hydrogen-bond donors (Lipinski definition) is 2. The number of hydrogen-bond acceptors (Lipinski definition) is 2. The van der Waals surface area contributed by atoms with Crippen LogP contribution in [-0.4, -0.2) is 23.9 Å². The molecular weight excluding hydrogens is 236 g/mol. The van der Waals surface area contributed by atoms with Gasteiger partial charge in [0.15, 0.2) is 5.78 Å². The highest BCUT2D eigenvalue weighted by molar-refractivity contribution is 6.10. The molecule has 0 spiro atoms. The number of aromatic amines is 1. The topological polar surface area (TPSA) is 44.9 Å². The quantitative estimate of drug-likeness (QED) is 0.807. The van der Waals surface area contributed by atoms with Crippen molar-refractivity contribution in [1.82, 2.24) is 10.3 Å². The first-order chi connectivity index (χ1) is 9.04. The van der Waals surface area contributed by atoms with Crippen molar-refractivity contribution in [2.24, 2.45) is 0 Å². The van der Waals surface area contributed by atoms with Gasteiger partial charge in [-0.25, -0.2) is 0 Å². The molecule has 0 aliphatic rings. The lowest BCUT2D eigenvalue weighted by Crippen LogP contribution is -2.22. The standard InChI is InChI=1S/C16H22N2O/c1-5-17-9-15(19)16-11(4)18-14-7-6-12(10(2)3)8-13(14)16/h6-8,10,17-18H,5,9H2,1-4H3. The fraction of sp³-hybridized carbons (Fsp3) is 0.438. The highest BCUT2D eigenvalue weighted by Crippen LogP contribution is 2.26. The minimum atomic E-state index is 0.159. The first kappa shape index (κ1) is 13.8. The van der Waals surface area contributed by atoms with Gasteiger partial charge in [-0.15, -0.1) is 0 Å². The maximum Gasteiger partial charge on any atom is 0.179 e. The number of ketones is 1. The van der Waals surface area contributed by atoms with Crippen LogP contribution >= 0.6 is 0 Å². The van der Waals surface area contributed by atoms with Crippen LogP contribution in [0.25, 0.3) is 10.9 Å². The number of H-pyrrole nitrogens is 1. The van der Waals surface area contributed by atoms with Gasteiger partial charge in [0.25, 0.3) is 0 Å². The third-order valence-electron chi connectivity index (χ3n) is 3.49. The Kier molecular flexibility index (Phi) is 4.05. The predicted molar refractivity (Wildman–Crippen MR) is 80.0 cm³/mol. The van der Waals surface area contributed by atoms with E-state index in [0.717, 1.165) is 28.7 Å². The van der Waals surface area contributed by atoms with E-state index in [1.807, 2.05) is 13.8 Å². The first-order valence-corrected chi connectivity index (χ1v) is 6.90. The zero-order chi connectivity index (χ0) is 14.0. The van der Waals surface area contributed by atoms with Crippen LogP contribution in [0.5, 0.6) is 0 Å². The second-order valence-corrected chi connectivity index (χ2v) is 5.29. The zero-order valence-electron chi connectivity index (χ0n) is 12.1. The van der Waals surface area contributed by atoms with Crippen LogP contribution in [0.4, 0.5) is 0 Å². The summed E-state index contributed by atoms with van der Waals surface area (Å²) >= 11 is 0. The molecule has 3 nitrogen and oxygen atoms in total. The van der Waals surface area contributed by atoms with Crippen molar-refractivity contribution in [1.29, 1.82) is 0 Å². The summed E-state index contributed by atoms with van der Waals surface area (Å²) in [6, 6.07) is 6.34. The van der Waals surface area contributed by atoms with E-state index in [9.17, 15) is 4.79 Å². The summed E-state index contributed by atoms with van der Waals surface area (Å²) in [5, 5.41) is 4.15. The predicted octanol–water partition coefficient (Wildman–Crippen LogP) is 3.39. The van der Waals surface area contributed by atoms with E-state index < -0.39 is 0 Å². The molecule has 0 saturated carbocycles.